The molecule has 0 aliphatic carbocycles. The molecule has 26 heavy (non-hydrogen) atoms. The number of carboxylic acid groups (broad SMARTS) is 1. The van der Waals surface area contributed by atoms with Crippen molar-refractivity contribution in [3.05, 3.63) is 35.4 Å². The summed E-state index contributed by atoms with van der Waals surface area (Å²) in [6.07, 6.45) is 1.44. The molecule has 1 aliphatic heterocycles. The molecule has 142 valence electrons. The number of piperidine rings is 1. The van der Waals surface area contributed by atoms with E-state index in [9.17, 15) is 14.4 Å². The molecule has 0 spiro atoms. The van der Waals surface area contributed by atoms with Crippen LogP contribution in [0.3, 0.4) is 0 Å². The first-order valence-corrected chi connectivity index (χ1v) is 9.17. The standard InChI is InChI=1S/C20H28N2O4/c1-14(2)22(12-10-18(23)24)20(26)17-5-4-11-21(13-17)19(25)16-8-6-15(3)7-9-16/h6-9,14,17H,4-5,10-13H2,1-3H3,(H,23,24). The molecule has 2 amide bonds. The average Bonchev–Trinajstić information content (AvgIpc) is 2.61. The van der Waals surface area contributed by atoms with Gasteiger partial charge in [-0.05, 0) is 45.7 Å². The predicted octanol–water partition coefficient (Wildman–Crippen LogP) is 2.56. The minimum atomic E-state index is -0.914. The van der Waals surface area contributed by atoms with Crippen LogP contribution in [0.5, 0.6) is 0 Å². The molecule has 1 N–H and O–H groups in total. The highest BCUT2D eigenvalue weighted by Gasteiger charge is 2.32. The maximum absolute atomic E-state index is 12.9. The normalized spacial score (nSPS) is 17.2. The zero-order chi connectivity index (χ0) is 19.3. The number of carbonyl (C=O) groups is 3. The quantitative estimate of drug-likeness (QED) is 0.846. The number of amides is 2. The number of nitrogens with zero attached hydrogens (tertiary/aromatic N) is 2. The van der Waals surface area contributed by atoms with Gasteiger partial charge in [-0.3, -0.25) is 14.4 Å². The maximum Gasteiger partial charge on any atom is 0.305 e. The first-order valence-electron chi connectivity index (χ1n) is 9.17. The molecule has 0 radical (unpaired) electrons. The van der Waals surface area contributed by atoms with Crippen molar-refractivity contribution in [1.29, 1.82) is 0 Å². The number of hydrogen-bond acceptors (Lipinski definition) is 3. The Morgan fingerprint density at radius 1 is 1.23 bits per heavy atom. The van der Waals surface area contributed by atoms with Crippen LogP contribution < -0.4 is 0 Å². The van der Waals surface area contributed by atoms with E-state index < -0.39 is 5.97 Å². The van der Waals surface area contributed by atoms with Crippen molar-refractivity contribution in [2.45, 2.75) is 46.1 Å². The number of aliphatic carboxylic acids is 1. The highest BCUT2D eigenvalue weighted by atomic mass is 16.4. The van der Waals surface area contributed by atoms with Crippen LogP contribution in [0.4, 0.5) is 0 Å². The number of likely N-dealkylation sites (tertiary alicyclic amines) is 1. The van der Waals surface area contributed by atoms with E-state index in [1.54, 1.807) is 9.80 Å². The van der Waals surface area contributed by atoms with Crippen molar-refractivity contribution in [3.8, 4) is 0 Å². The minimum absolute atomic E-state index is 0.0517. The van der Waals surface area contributed by atoms with Gasteiger partial charge >= 0.3 is 5.97 Å². The van der Waals surface area contributed by atoms with Gasteiger partial charge in [0.05, 0.1) is 12.3 Å². The summed E-state index contributed by atoms with van der Waals surface area (Å²) in [5, 5.41) is 8.91. The molecule has 6 heteroatoms. The predicted molar refractivity (Wildman–Crippen MR) is 98.9 cm³/mol. The van der Waals surface area contributed by atoms with Crippen LogP contribution in [0.1, 0.15) is 49.0 Å². The summed E-state index contributed by atoms with van der Waals surface area (Å²) < 4.78 is 0. The van der Waals surface area contributed by atoms with Crippen molar-refractivity contribution in [1.82, 2.24) is 9.80 Å². The lowest BCUT2D eigenvalue weighted by Crippen LogP contribution is -2.49. The molecular formula is C20H28N2O4. The largest absolute Gasteiger partial charge is 0.481 e. The molecule has 0 saturated carbocycles. The Morgan fingerprint density at radius 2 is 1.88 bits per heavy atom. The van der Waals surface area contributed by atoms with E-state index in [0.717, 1.165) is 18.4 Å². The van der Waals surface area contributed by atoms with Gasteiger partial charge in [0.1, 0.15) is 0 Å². The molecule has 1 atom stereocenters. The molecule has 1 fully saturated rings. The Morgan fingerprint density at radius 3 is 2.46 bits per heavy atom. The Labute approximate surface area is 154 Å². The van der Waals surface area contributed by atoms with E-state index >= 15 is 0 Å². The molecule has 1 aliphatic rings. The Balaban J connectivity index is 2.05. The summed E-state index contributed by atoms with van der Waals surface area (Å²) >= 11 is 0. The van der Waals surface area contributed by atoms with Gasteiger partial charge in [-0.25, -0.2) is 0 Å². The maximum atomic E-state index is 12.9. The molecule has 2 rings (SSSR count). The molecule has 1 aromatic rings. The number of carbonyl (C=O) groups excluding carboxylic acids is 2. The van der Waals surface area contributed by atoms with E-state index in [-0.39, 0.29) is 36.7 Å². The highest BCUT2D eigenvalue weighted by Crippen LogP contribution is 2.22. The second kappa shape index (κ2) is 8.83. The fraction of sp³-hybridized carbons (Fsp3) is 0.550. The molecule has 0 aromatic heterocycles. The van der Waals surface area contributed by atoms with Crippen LogP contribution in [0.15, 0.2) is 24.3 Å². The van der Waals surface area contributed by atoms with Crippen LogP contribution in [-0.4, -0.2) is 58.4 Å². The number of benzene rings is 1. The van der Waals surface area contributed by atoms with E-state index in [4.69, 9.17) is 5.11 Å². The number of aryl methyl sites for hydroxylation is 1. The van der Waals surface area contributed by atoms with Crippen LogP contribution >= 0.6 is 0 Å². The summed E-state index contributed by atoms with van der Waals surface area (Å²) in [4.78, 5) is 39.8. The Bertz CT molecular complexity index is 654. The zero-order valence-electron chi connectivity index (χ0n) is 15.8. The van der Waals surface area contributed by atoms with Crippen LogP contribution in [0.25, 0.3) is 0 Å². The topological polar surface area (TPSA) is 77.9 Å². The summed E-state index contributed by atoms with van der Waals surface area (Å²) in [6.45, 7) is 6.99. The number of carboxylic acids is 1. The van der Waals surface area contributed by atoms with Gasteiger partial charge in [0.15, 0.2) is 0 Å². The molecule has 1 unspecified atom stereocenters. The number of hydrogen-bond donors (Lipinski definition) is 1. The van der Waals surface area contributed by atoms with E-state index in [1.165, 1.54) is 0 Å². The summed E-state index contributed by atoms with van der Waals surface area (Å²) in [7, 11) is 0. The van der Waals surface area contributed by atoms with E-state index in [2.05, 4.69) is 0 Å². The molecule has 1 aromatic carbocycles. The van der Waals surface area contributed by atoms with Gasteiger partial charge in [-0.15, -0.1) is 0 Å². The van der Waals surface area contributed by atoms with Crippen LogP contribution in [0.2, 0.25) is 0 Å². The van der Waals surface area contributed by atoms with Crippen LogP contribution in [0, 0.1) is 12.8 Å². The second-order valence-corrected chi connectivity index (χ2v) is 7.23. The van der Waals surface area contributed by atoms with Gasteiger partial charge in [-0.1, -0.05) is 17.7 Å². The van der Waals surface area contributed by atoms with Gasteiger partial charge in [-0.2, -0.15) is 0 Å². The fourth-order valence-corrected chi connectivity index (χ4v) is 3.32. The summed E-state index contributed by atoms with van der Waals surface area (Å²) in [6, 6.07) is 7.38. The lowest BCUT2D eigenvalue weighted by Gasteiger charge is -2.36. The average molecular weight is 360 g/mol. The molecule has 6 nitrogen and oxygen atoms in total. The van der Waals surface area contributed by atoms with E-state index in [0.29, 0.717) is 18.7 Å². The molecule has 1 saturated heterocycles. The third kappa shape index (κ3) is 5.07. The van der Waals surface area contributed by atoms with Crippen LogP contribution in [-0.2, 0) is 9.59 Å². The first kappa shape index (κ1) is 19.9. The van der Waals surface area contributed by atoms with Gasteiger partial charge in [0.25, 0.3) is 5.91 Å². The van der Waals surface area contributed by atoms with Crippen molar-refractivity contribution >= 4 is 17.8 Å². The third-order valence-electron chi connectivity index (χ3n) is 4.83. The summed E-state index contributed by atoms with van der Waals surface area (Å²) in [5.74, 6) is -1.29. The monoisotopic (exact) mass is 360 g/mol. The number of rotatable bonds is 6. The fourth-order valence-electron chi connectivity index (χ4n) is 3.32. The Kier molecular flexibility index (Phi) is 6.77. The van der Waals surface area contributed by atoms with Gasteiger partial charge in [0.2, 0.25) is 5.91 Å². The second-order valence-electron chi connectivity index (χ2n) is 7.23. The van der Waals surface area contributed by atoms with Gasteiger partial charge in [0, 0.05) is 31.2 Å². The van der Waals surface area contributed by atoms with Crippen molar-refractivity contribution in [2.75, 3.05) is 19.6 Å². The van der Waals surface area contributed by atoms with Crippen molar-refractivity contribution in [3.63, 3.8) is 0 Å². The lowest BCUT2D eigenvalue weighted by atomic mass is 9.95. The minimum Gasteiger partial charge on any atom is -0.481 e. The zero-order valence-corrected chi connectivity index (χ0v) is 15.8. The molecule has 1 heterocycles. The Hall–Kier alpha value is -2.37. The van der Waals surface area contributed by atoms with Gasteiger partial charge < -0.3 is 14.9 Å². The van der Waals surface area contributed by atoms with E-state index in [1.807, 2.05) is 45.0 Å². The smallest absolute Gasteiger partial charge is 0.305 e. The first-order chi connectivity index (χ1) is 12.3. The molecule has 0 bridgehead atoms. The molecular weight excluding hydrogens is 332 g/mol. The van der Waals surface area contributed by atoms with Crippen molar-refractivity contribution < 1.29 is 19.5 Å². The third-order valence-corrected chi connectivity index (χ3v) is 4.83. The van der Waals surface area contributed by atoms with Crippen molar-refractivity contribution in [2.24, 2.45) is 5.92 Å². The lowest BCUT2D eigenvalue weighted by molar-refractivity contribution is -0.141. The highest BCUT2D eigenvalue weighted by molar-refractivity contribution is 5.94. The summed E-state index contributed by atoms with van der Waals surface area (Å²) in [5.41, 5.74) is 1.73. The SMILES string of the molecule is Cc1ccc(C(=O)N2CCCC(C(=O)N(CCC(=O)O)C(C)C)C2)cc1.